The molecule has 0 spiro atoms. The lowest BCUT2D eigenvalue weighted by Gasteiger charge is -2.15. The fourth-order valence-electron chi connectivity index (χ4n) is 2.11. The quantitative estimate of drug-likeness (QED) is 0.668. The highest BCUT2D eigenvalue weighted by molar-refractivity contribution is 7.89. The van der Waals surface area contributed by atoms with E-state index in [4.69, 9.17) is 0 Å². The maximum absolute atomic E-state index is 12.7. The van der Waals surface area contributed by atoms with Crippen LogP contribution in [-0.2, 0) is 10.8 Å². The molecular formula is C17H26OS. The van der Waals surface area contributed by atoms with Crippen molar-refractivity contribution < 1.29 is 4.21 Å². The fraction of sp³-hybridized carbons (Fsp3) is 0.529. The SMILES string of the molecule is CC/C=C(\[C@H](C)CCCC)S(=O)c1ccc(C)cc1. The van der Waals surface area contributed by atoms with Gasteiger partial charge in [0.25, 0.3) is 0 Å². The van der Waals surface area contributed by atoms with Gasteiger partial charge < -0.3 is 0 Å². The van der Waals surface area contributed by atoms with Gasteiger partial charge in [0.05, 0.1) is 10.8 Å². The zero-order valence-electron chi connectivity index (χ0n) is 12.6. The highest BCUT2D eigenvalue weighted by Gasteiger charge is 2.16. The van der Waals surface area contributed by atoms with Gasteiger partial charge in [0.2, 0.25) is 0 Å². The lowest BCUT2D eigenvalue weighted by Crippen LogP contribution is -2.06. The molecule has 0 amide bonds. The predicted molar refractivity (Wildman–Crippen MR) is 84.7 cm³/mol. The molecule has 0 fully saturated rings. The summed E-state index contributed by atoms with van der Waals surface area (Å²) in [6.07, 6.45) is 6.62. The Kier molecular flexibility index (Phi) is 7.07. The van der Waals surface area contributed by atoms with Crippen molar-refractivity contribution in [3.05, 3.63) is 40.8 Å². The second-order valence-electron chi connectivity index (χ2n) is 5.14. The molecule has 1 unspecified atom stereocenters. The lowest BCUT2D eigenvalue weighted by molar-refractivity contribution is 0.584. The first-order valence-corrected chi connectivity index (χ1v) is 8.43. The van der Waals surface area contributed by atoms with E-state index in [2.05, 4.69) is 33.8 Å². The fourth-order valence-corrected chi connectivity index (χ4v) is 3.57. The molecule has 2 atom stereocenters. The lowest BCUT2D eigenvalue weighted by atomic mass is 10.0. The first-order valence-electron chi connectivity index (χ1n) is 7.28. The van der Waals surface area contributed by atoms with E-state index in [-0.39, 0.29) is 0 Å². The van der Waals surface area contributed by atoms with E-state index in [1.807, 2.05) is 24.3 Å². The molecule has 0 aliphatic carbocycles. The van der Waals surface area contributed by atoms with Gasteiger partial charge in [-0.3, -0.25) is 0 Å². The summed E-state index contributed by atoms with van der Waals surface area (Å²) in [7, 11) is -1.00. The molecule has 106 valence electrons. The Balaban J connectivity index is 2.90. The molecule has 0 saturated carbocycles. The van der Waals surface area contributed by atoms with Gasteiger partial charge >= 0.3 is 0 Å². The third kappa shape index (κ3) is 4.94. The normalized spacial score (nSPS) is 15.3. The van der Waals surface area contributed by atoms with Crippen molar-refractivity contribution in [2.45, 2.75) is 58.3 Å². The Hall–Kier alpha value is -0.890. The molecule has 2 heteroatoms. The smallest absolute Gasteiger partial charge is 0.0807 e. The molecule has 0 aliphatic rings. The number of aryl methyl sites for hydroxylation is 1. The second kappa shape index (κ2) is 8.31. The Morgan fingerprint density at radius 1 is 1.26 bits per heavy atom. The molecule has 0 aliphatic heterocycles. The third-order valence-electron chi connectivity index (χ3n) is 3.33. The van der Waals surface area contributed by atoms with E-state index in [0.29, 0.717) is 5.92 Å². The first kappa shape index (κ1) is 16.2. The summed E-state index contributed by atoms with van der Waals surface area (Å²) in [5.74, 6) is 0.405. The van der Waals surface area contributed by atoms with Gasteiger partial charge in [0, 0.05) is 9.80 Å². The molecule has 0 aromatic heterocycles. The Labute approximate surface area is 120 Å². The largest absolute Gasteiger partial charge is 0.249 e. The second-order valence-corrected chi connectivity index (χ2v) is 6.62. The Morgan fingerprint density at radius 2 is 1.89 bits per heavy atom. The van der Waals surface area contributed by atoms with Crippen LogP contribution >= 0.6 is 0 Å². The predicted octanol–water partition coefficient (Wildman–Crippen LogP) is 5.22. The minimum Gasteiger partial charge on any atom is -0.249 e. The van der Waals surface area contributed by atoms with Crippen LogP contribution in [0.1, 0.15) is 52.0 Å². The van der Waals surface area contributed by atoms with Crippen molar-refractivity contribution in [1.29, 1.82) is 0 Å². The molecular weight excluding hydrogens is 252 g/mol. The molecule has 0 heterocycles. The molecule has 0 bridgehead atoms. The zero-order chi connectivity index (χ0) is 14.3. The highest BCUT2D eigenvalue weighted by atomic mass is 32.2. The highest BCUT2D eigenvalue weighted by Crippen LogP contribution is 2.26. The average molecular weight is 278 g/mol. The Bertz CT molecular complexity index is 431. The summed E-state index contributed by atoms with van der Waals surface area (Å²) in [6, 6.07) is 8.05. The van der Waals surface area contributed by atoms with Crippen LogP contribution in [0.25, 0.3) is 0 Å². The molecule has 1 aromatic carbocycles. The first-order chi connectivity index (χ1) is 9.10. The van der Waals surface area contributed by atoms with Gasteiger partial charge in [-0.2, -0.15) is 0 Å². The van der Waals surface area contributed by atoms with Crippen LogP contribution in [-0.4, -0.2) is 4.21 Å². The van der Waals surface area contributed by atoms with Crippen LogP contribution in [0.5, 0.6) is 0 Å². The summed E-state index contributed by atoms with van der Waals surface area (Å²) in [5, 5.41) is 0. The minimum atomic E-state index is -1.00. The molecule has 0 radical (unpaired) electrons. The number of allylic oxidation sites excluding steroid dienone is 2. The number of hydrogen-bond donors (Lipinski definition) is 0. The third-order valence-corrected chi connectivity index (χ3v) is 5.03. The van der Waals surface area contributed by atoms with Crippen LogP contribution in [0.4, 0.5) is 0 Å². The van der Waals surface area contributed by atoms with Crippen molar-refractivity contribution >= 4 is 10.8 Å². The average Bonchev–Trinajstić information content (AvgIpc) is 2.42. The summed E-state index contributed by atoms with van der Waals surface area (Å²) in [4.78, 5) is 2.02. The van der Waals surface area contributed by atoms with Crippen molar-refractivity contribution in [2.75, 3.05) is 0 Å². The standard InChI is InChI=1S/C17H26OS/c1-5-7-9-15(4)17(8-6-2)19(18)16-12-10-14(3)11-13-16/h8,10-13,15H,5-7,9H2,1-4H3/b17-8+/t15-,19?/m1/s1. The van der Waals surface area contributed by atoms with E-state index in [1.54, 1.807) is 0 Å². The van der Waals surface area contributed by atoms with Crippen LogP contribution in [0.15, 0.2) is 40.1 Å². The molecule has 1 nitrogen and oxygen atoms in total. The van der Waals surface area contributed by atoms with Gasteiger partial charge in [0.15, 0.2) is 0 Å². The van der Waals surface area contributed by atoms with E-state index in [9.17, 15) is 4.21 Å². The van der Waals surface area contributed by atoms with Gasteiger partial charge in [-0.25, -0.2) is 4.21 Å². The van der Waals surface area contributed by atoms with E-state index in [1.165, 1.54) is 18.4 Å². The van der Waals surface area contributed by atoms with Crippen molar-refractivity contribution in [1.82, 2.24) is 0 Å². The molecule has 1 aromatic rings. The zero-order valence-corrected chi connectivity index (χ0v) is 13.4. The topological polar surface area (TPSA) is 17.1 Å². The van der Waals surface area contributed by atoms with Crippen molar-refractivity contribution in [3.63, 3.8) is 0 Å². The molecule has 0 saturated heterocycles. The van der Waals surface area contributed by atoms with E-state index < -0.39 is 10.8 Å². The maximum Gasteiger partial charge on any atom is 0.0807 e. The van der Waals surface area contributed by atoms with Crippen LogP contribution in [0.2, 0.25) is 0 Å². The maximum atomic E-state index is 12.7. The van der Waals surface area contributed by atoms with Gasteiger partial charge in [-0.15, -0.1) is 0 Å². The van der Waals surface area contributed by atoms with Crippen LogP contribution in [0.3, 0.4) is 0 Å². The number of rotatable bonds is 7. The number of unbranched alkanes of at least 4 members (excludes halogenated alkanes) is 1. The number of benzene rings is 1. The summed E-state index contributed by atoms with van der Waals surface area (Å²) in [6.45, 7) is 8.56. The van der Waals surface area contributed by atoms with Gasteiger partial charge in [0.1, 0.15) is 0 Å². The summed E-state index contributed by atoms with van der Waals surface area (Å²) in [5.41, 5.74) is 1.21. The van der Waals surface area contributed by atoms with Crippen molar-refractivity contribution in [3.8, 4) is 0 Å². The Morgan fingerprint density at radius 3 is 2.42 bits per heavy atom. The van der Waals surface area contributed by atoms with Gasteiger partial charge in [-0.05, 0) is 37.8 Å². The van der Waals surface area contributed by atoms with E-state index >= 15 is 0 Å². The molecule has 1 rings (SSSR count). The van der Waals surface area contributed by atoms with Crippen molar-refractivity contribution in [2.24, 2.45) is 5.92 Å². The molecule has 0 N–H and O–H groups in total. The van der Waals surface area contributed by atoms with Gasteiger partial charge in [-0.1, -0.05) is 57.4 Å². The van der Waals surface area contributed by atoms with Crippen LogP contribution in [0, 0.1) is 12.8 Å². The van der Waals surface area contributed by atoms with Crippen LogP contribution < -0.4 is 0 Å². The number of hydrogen-bond acceptors (Lipinski definition) is 1. The van der Waals surface area contributed by atoms with E-state index in [0.717, 1.165) is 22.6 Å². The molecule has 19 heavy (non-hydrogen) atoms. The summed E-state index contributed by atoms with van der Waals surface area (Å²) >= 11 is 0. The monoisotopic (exact) mass is 278 g/mol. The minimum absolute atomic E-state index is 0.405. The summed E-state index contributed by atoms with van der Waals surface area (Å²) < 4.78 is 12.7.